The van der Waals surface area contributed by atoms with E-state index in [9.17, 15) is 0 Å². The lowest BCUT2D eigenvalue weighted by molar-refractivity contribution is 0.234. The molecule has 0 saturated heterocycles. The van der Waals surface area contributed by atoms with E-state index in [1.54, 1.807) is 12.4 Å². The molecule has 0 atom stereocenters. The smallest absolute Gasteiger partial charge is 0.159 e. The van der Waals surface area contributed by atoms with E-state index in [-0.39, 0.29) is 0 Å². The summed E-state index contributed by atoms with van der Waals surface area (Å²) < 4.78 is 2.19. The van der Waals surface area contributed by atoms with Crippen LogP contribution in [-0.4, -0.2) is 35.9 Å². The van der Waals surface area contributed by atoms with Gasteiger partial charge in [0.25, 0.3) is 0 Å². The van der Waals surface area contributed by atoms with Crippen LogP contribution >= 0.6 is 0 Å². The second-order valence-electron chi connectivity index (χ2n) is 6.62. The van der Waals surface area contributed by atoms with E-state index in [0.717, 1.165) is 54.7 Å². The Labute approximate surface area is 147 Å². The summed E-state index contributed by atoms with van der Waals surface area (Å²) >= 11 is 0. The highest BCUT2D eigenvalue weighted by atomic mass is 15.2. The van der Waals surface area contributed by atoms with Crippen LogP contribution in [0, 0.1) is 13.8 Å². The molecule has 6 heteroatoms. The Hall–Kier alpha value is -2.60. The predicted molar refractivity (Wildman–Crippen MR) is 95.8 cm³/mol. The van der Waals surface area contributed by atoms with E-state index in [1.165, 1.54) is 11.3 Å². The molecule has 4 rings (SSSR count). The van der Waals surface area contributed by atoms with Crippen LogP contribution < -0.4 is 0 Å². The van der Waals surface area contributed by atoms with Crippen LogP contribution in [0.15, 0.2) is 30.7 Å². The SMILES string of the molecule is Cc1nc(CN2CCc3nc(-c4ccncc4)ncc3C2)n(C)c1C. The zero-order chi connectivity index (χ0) is 17.4. The van der Waals surface area contributed by atoms with Gasteiger partial charge in [-0.15, -0.1) is 0 Å². The molecule has 6 nitrogen and oxygen atoms in total. The minimum absolute atomic E-state index is 0.782. The van der Waals surface area contributed by atoms with E-state index in [4.69, 9.17) is 9.97 Å². The second kappa shape index (κ2) is 6.37. The molecule has 0 aliphatic carbocycles. The number of imidazole rings is 1. The van der Waals surface area contributed by atoms with E-state index in [0.29, 0.717) is 0 Å². The third-order valence-electron chi connectivity index (χ3n) is 5.03. The molecule has 0 fully saturated rings. The van der Waals surface area contributed by atoms with Gasteiger partial charge in [-0.05, 0) is 26.0 Å². The molecular weight excluding hydrogens is 312 g/mol. The third-order valence-corrected chi connectivity index (χ3v) is 5.03. The molecule has 3 aromatic rings. The summed E-state index contributed by atoms with van der Waals surface area (Å²) in [7, 11) is 2.09. The number of hydrogen-bond donors (Lipinski definition) is 0. The average molecular weight is 334 g/mol. The Morgan fingerprint density at radius 1 is 1.12 bits per heavy atom. The Bertz CT molecular complexity index is 900. The first-order chi connectivity index (χ1) is 12.1. The first kappa shape index (κ1) is 15.9. The highest BCUT2D eigenvalue weighted by molar-refractivity contribution is 5.54. The highest BCUT2D eigenvalue weighted by Crippen LogP contribution is 2.22. The van der Waals surface area contributed by atoms with Crippen molar-refractivity contribution in [1.29, 1.82) is 0 Å². The van der Waals surface area contributed by atoms with Crippen molar-refractivity contribution in [1.82, 2.24) is 29.4 Å². The molecule has 0 amide bonds. The number of nitrogens with zero attached hydrogens (tertiary/aromatic N) is 6. The molecule has 0 aromatic carbocycles. The Morgan fingerprint density at radius 3 is 2.64 bits per heavy atom. The predicted octanol–water partition coefficient (Wildman–Crippen LogP) is 2.45. The molecule has 25 heavy (non-hydrogen) atoms. The standard InChI is InChI=1S/C19H22N6/c1-13-14(2)24(3)18(22-13)12-25-9-6-17-16(11-25)10-21-19(23-17)15-4-7-20-8-5-15/h4-5,7-8,10H,6,9,11-12H2,1-3H3. The van der Waals surface area contributed by atoms with Crippen LogP contribution in [0.5, 0.6) is 0 Å². The van der Waals surface area contributed by atoms with E-state index in [1.807, 2.05) is 18.3 Å². The van der Waals surface area contributed by atoms with Gasteiger partial charge in [0.15, 0.2) is 5.82 Å². The highest BCUT2D eigenvalue weighted by Gasteiger charge is 2.20. The molecule has 0 bridgehead atoms. The first-order valence-corrected chi connectivity index (χ1v) is 8.58. The number of rotatable bonds is 3. The topological polar surface area (TPSA) is 59.7 Å². The molecule has 4 heterocycles. The lowest BCUT2D eigenvalue weighted by Crippen LogP contribution is -2.31. The van der Waals surface area contributed by atoms with E-state index >= 15 is 0 Å². The van der Waals surface area contributed by atoms with Gasteiger partial charge in [0.2, 0.25) is 0 Å². The monoisotopic (exact) mass is 334 g/mol. The lowest BCUT2D eigenvalue weighted by atomic mass is 10.1. The zero-order valence-electron chi connectivity index (χ0n) is 14.9. The van der Waals surface area contributed by atoms with Crippen molar-refractivity contribution in [2.24, 2.45) is 7.05 Å². The largest absolute Gasteiger partial charge is 0.334 e. The van der Waals surface area contributed by atoms with Crippen LogP contribution in [0.2, 0.25) is 0 Å². The fraction of sp³-hybridized carbons (Fsp3) is 0.368. The fourth-order valence-corrected chi connectivity index (χ4v) is 3.28. The maximum Gasteiger partial charge on any atom is 0.159 e. The summed E-state index contributed by atoms with van der Waals surface area (Å²) in [5.74, 6) is 1.90. The van der Waals surface area contributed by atoms with Gasteiger partial charge >= 0.3 is 0 Å². The van der Waals surface area contributed by atoms with Gasteiger partial charge in [0.05, 0.1) is 17.9 Å². The molecule has 1 aliphatic heterocycles. The summed E-state index contributed by atoms with van der Waals surface area (Å²) in [4.78, 5) is 20.5. The van der Waals surface area contributed by atoms with Crippen molar-refractivity contribution in [3.05, 3.63) is 59.2 Å². The number of fused-ring (bicyclic) bond motifs is 1. The summed E-state index contributed by atoms with van der Waals surface area (Å²) in [6, 6.07) is 3.89. The summed E-state index contributed by atoms with van der Waals surface area (Å²) in [5.41, 5.74) is 5.73. The third kappa shape index (κ3) is 3.05. The number of aryl methyl sites for hydroxylation is 1. The molecule has 0 radical (unpaired) electrons. The molecule has 0 unspecified atom stereocenters. The molecule has 0 spiro atoms. The van der Waals surface area contributed by atoms with Crippen molar-refractivity contribution < 1.29 is 0 Å². The van der Waals surface area contributed by atoms with Gasteiger partial charge in [-0.2, -0.15) is 0 Å². The van der Waals surface area contributed by atoms with Gasteiger partial charge in [0.1, 0.15) is 5.82 Å². The van der Waals surface area contributed by atoms with Crippen LogP contribution in [0.4, 0.5) is 0 Å². The second-order valence-corrected chi connectivity index (χ2v) is 6.62. The van der Waals surface area contributed by atoms with E-state index in [2.05, 4.69) is 40.3 Å². The Morgan fingerprint density at radius 2 is 1.92 bits per heavy atom. The molecular formula is C19H22N6. The lowest BCUT2D eigenvalue weighted by Gasteiger charge is -2.27. The van der Waals surface area contributed by atoms with Crippen molar-refractivity contribution in [2.45, 2.75) is 33.4 Å². The van der Waals surface area contributed by atoms with Crippen molar-refractivity contribution in [3.8, 4) is 11.4 Å². The zero-order valence-corrected chi connectivity index (χ0v) is 14.9. The molecule has 0 saturated carbocycles. The number of hydrogen-bond acceptors (Lipinski definition) is 5. The summed E-state index contributed by atoms with van der Waals surface area (Å²) in [5, 5.41) is 0. The average Bonchev–Trinajstić information content (AvgIpc) is 2.89. The maximum absolute atomic E-state index is 4.77. The van der Waals surface area contributed by atoms with Crippen molar-refractivity contribution in [3.63, 3.8) is 0 Å². The number of aromatic nitrogens is 5. The van der Waals surface area contributed by atoms with Gasteiger partial charge in [-0.3, -0.25) is 9.88 Å². The Kier molecular flexibility index (Phi) is 4.05. The molecule has 3 aromatic heterocycles. The first-order valence-electron chi connectivity index (χ1n) is 8.58. The fourth-order valence-electron chi connectivity index (χ4n) is 3.28. The van der Waals surface area contributed by atoms with Gasteiger partial charge < -0.3 is 4.57 Å². The molecule has 1 aliphatic rings. The summed E-state index contributed by atoms with van der Waals surface area (Å²) in [6.45, 7) is 6.91. The Balaban J connectivity index is 1.53. The molecule has 128 valence electrons. The van der Waals surface area contributed by atoms with Gasteiger partial charge in [0, 0.05) is 62.0 Å². The maximum atomic E-state index is 4.77. The van der Waals surface area contributed by atoms with Gasteiger partial charge in [-0.1, -0.05) is 0 Å². The minimum atomic E-state index is 0.782. The quantitative estimate of drug-likeness (QED) is 0.736. The molecule has 0 N–H and O–H groups in total. The van der Waals surface area contributed by atoms with Crippen LogP contribution in [-0.2, 0) is 26.6 Å². The summed E-state index contributed by atoms with van der Waals surface area (Å²) in [6.07, 6.45) is 6.46. The van der Waals surface area contributed by atoms with Crippen LogP contribution in [0.1, 0.15) is 28.5 Å². The number of pyridine rings is 1. The van der Waals surface area contributed by atoms with Crippen LogP contribution in [0.25, 0.3) is 11.4 Å². The van der Waals surface area contributed by atoms with Crippen molar-refractivity contribution in [2.75, 3.05) is 6.54 Å². The minimum Gasteiger partial charge on any atom is -0.334 e. The normalized spacial score (nSPS) is 14.5. The van der Waals surface area contributed by atoms with Crippen LogP contribution in [0.3, 0.4) is 0 Å². The van der Waals surface area contributed by atoms with Crippen molar-refractivity contribution >= 4 is 0 Å². The van der Waals surface area contributed by atoms with E-state index < -0.39 is 0 Å². The van der Waals surface area contributed by atoms with Gasteiger partial charge in [-0.25, -0.2) is 15.0 Å².